The van der Waals surface area contributed by atoms with Crippen LogP contribution in [-0.4, -0.2) is 53.2 Å². The van der Waals surface area contributed by atoms with Crippen molar-refractivity contribution in [3.8, 4) is 0 Å². The zero-order chi connectivity index (χ0) is 14.3. The molecule has 0 spiro atoms. The van der Waals surface area contributed by atoms with Crippen molar-refractivity contribution in [2.45, 2.75) is 46.3 Å². The average Bonchev–Trinajstić information content (AvgIpc) is 2.12. The fourth-order valence-corrected chi connectivity index (χ4v) is 1.49. The van der Waals surface area contributed by atoms with Gasteiger partial charge in [0.2, 0.25) is 5.91 Å². The molecule has 6 nitrogen and oxygen atoms in total. The van der Waals surface area contributed by atoms with Gasteiger partial charge in [-0.1, -0.05) is 6.92 Å². The fraction of sp³-hybridized carbons (Fsp3) is 0.833. The Morgan fingerprint density at radius 2 is 1.89 bits per heavy atom. The van der Waals surface area contributed by atoms with Gasteiger partial charge in [-0.3, -0.25) is 15.0 Å². The van der Waals surface area contributed by atoms with Crippen LogP contribution in [0.2, 0.25) is 0 Å². The third kappa shape index (κ3) is 8.95. The molecule has 0 heterocycles. The third-order valence-electron chi connectivity index (χ3n) is 2.10. The summed E-state index contributed by atoms with van der Waals surface area (Å²) >= 11 is 0. The molecule has 0 aromatic heterocycles. The van der Waals surface area contributed by atoms with E-state index in [1.807, 2.05) is 20.8 Å². The molecule has 0 saturated heterocycles. The monoisotopic (exact) mass is 259 g/mol. The number of amides is 3. The summed E-state index contributed by atoms with van der Waals surface area (Å²) in [6.45, 7) is 9.98. The first-order valence-corrected chi connectivity index (χ1v) is 6.19. The molecular formula is C12H25N3O3. The maximum absolute atomic E-state index is 11.6. The van der Waals surface area contributed by atoms with E-state index in [0.29, 0.717) is 13.1 Å². The van der Waals surface area contributed by atoms with Crippen molar-refractivity contribution in [3.05, 3.63) is 0 Å². The summed E-state index contributed by atoms with van der Waals surface area (Å²) in [5.74, 6) is -0.376. The van der Waals surface area contributed by atoms with Crippen LogP contribution in [0, 0.1) is 0 Å². The summed E-state index contributed by atoms with van der Waals surface area (Å²) in [7, 11) is 0. The SMILES string of the molecule is CCN(CC(=O)NC(=O)NC(C)C)CC(C)(C)O. The molecule has 18 heavy (non-hydrogen) atoms. The molecule has 0 atom stereocenters. The number of nitrogens with one attached hydrogen (secondary N) is 2. The molecule has 0 aromatic carbocycles. The molecule has 3 amide bonds. The molecular weight excluding hydrogens is 234 g/mol. The van der Waals surface area contributed by atoms with E-state index < -0.39 is 11.6 Å². The Morgan fingerprint density at radius 1 is 1.33 bits per heavy atom. The molecule has 0 aliphatic heterocycles. The molecule has 6 heteroatoms. The van der Waals surface area contributed by atoms with Crippen molar-refractivity contribution in [2.75, 3.05) is 19.6 Å². The summed E-state index contributed by atoms with van der Waals surface area (Å²) in [5.41, 5.74) is -0.865. The number of urea groups is 1. The number of hydrogen-bond donors (Lipinski definition) is 3. The van der Waals surface area contributed by atoms with Gasteiger partial charge in [0.15, 0.2) is 0 Å². The van der Waals surface area contributed by atoms with E-state index in [4.69, 9.17) is 0 Å². The zero-order valence-electron chi connectivity index (χ0n) is 11.9. The first kappa shape index (κ1) is 16.9. The van der Waals surface area contributed by atoms with Gasteiger partial charge in [0.05, 0.1) is 12.1 Å². The highest BCUT2D eigenvalue weighted by Crippen LogP contribution is 2.04. The van der Waals surface area contributed by atoms with Crippen molar-refractivity contribution in [2.24, 2.45) is 0 Å². The molecule has 0 aromatic rings. The van der Waals surface area contributed by atoms with Gasteiger partial charge < -0.3 is 10.4 Å². The highest BCUT2D eigenvalue weighted by molar-refractivity contribution is 5.95. The number of imide groups is 1. The van der Waals surface area contributed by atoms with Crippen molar-refractivity contribution < 1.29 is 14.7 Å². The summed E-state index contributed by atoms with van der Waals surface area (Å²) in [6.07, 6.45) is 0. The lowest BCUT2D eigenvalue weighted by molar-refractivity contribution is -0.121. The predicted octanol–water partition coefficient (Wildman–Crippen LogP) is 0.313. The summed E-state index contributed by atoms with van der Waals surface area (Å²) in [6, 6.07) is -0.509. The minimum atomic E-state index is -0.865. The van der Waals surface area contributed by atoms with E-state index in [1.54, 1.807) is 18.7 Å². The zero-order valence-corrected chi connectivity index (χ0v) is 11.9. The highest BCUT2D eigenvalue weighted by atomic mass is 16.3. The Morgan fingerprint density at radius 3 is 2.28 bits per heavy atom. The van der Waals surface area contributed by atoms with Crippen LogP contribution in [-0.2, 0) is 4.79 Å². The molecule has 3 N–H and O–H groups in total. The van der Waals surface area contributed by atoms with Crippen LogP contribution < -0.4 is 10.6 Å². The standard InChI is InChI=1S/C12H25N3O3/c1-6-15(8-12(4,5)18)7-10(16)14-11(17)13-9(2)3/h9,18H,6-8H2,1-5H3,(H2,13,14,16,17). The topological polar surface area (TPSA) is 81.7 Å². The van der Waals surface area contributed by atoms with E-state index in [9.17, 15) is 14.7 Å². The largest absolute Gasteiger partial charge is 0.389 e. The molecule has 0 rings (SSSR count). The summed E-state index contributed by atoms with van der Waals surface area (Å²) in [5, 5.41) is 14.5. The third-order valence-corrected chi connectivity index (χ3v) is 2.10. The molecule has 0 unspecified atom stereocenters. The second-order valence-electron chi connectivity index (χ2n) is 5.29. The van der Waals surface area contributed by atoms with E-state index in [1.165, 1.54) is 0 Å². The maximum Gasteiger partial charge on any atom is 0.321 e. The van der Waals surface area contributed by atoms with Crippen LogP contribution in [0.25, 0.3) is 0 Å². The van der Waals surface area contributed by atoms with Crippen molar-refractivity contribution in [3.63, 3.8) is 0 Å². The molecule has 0 bridgehead atoms. The fourth-order valence-electron chi connectivity index (χ4n) is 1.49. The van der Waals surface area contributed by atoms with Crippen molar-refractivity contribution in [1.29, 1.82) is 0 Å². The quantitative estimate of drug-likeness (QED) is 0.641. The van der Waals surface area contributed by atoms with Gasteiger partial charge in [-0.15, -0.1) is 0 Å². The normalized spacial score (nSPS) is 11.8. The Hall–Kier alpha value is -1.14. The lowest BCUT2D eigenvalue weighted by atomic mass is 10.1. The van der Waals surface area contributed by atoms with Gasteiger partial charge in [0, 0.05) is 12.6 Å². The van der Waals surface area contributed by atoms with Crippen molar-refractivity contribution in [1.82, 2.24) is 15.5 Å². The minimum Gasteiger partial charge on any atom is -0.389 e. The van der Waals surface area contributed by atoms with Gasteiger partial charge in [0.1, 0.15) is 0 Å². The molecule has 106 valence electrons. The van der Waals surface area contributed by atoms with E-state index in [2.05, 4.69) is 10.6 Å². The number of carbonyl (C=O) groups is 2. The first-order chi connectivity index (χ1) is 8.14. The maximum atomic E-state index is 11.6. The number of nitrogens with zero attached hydrogens (tertiary/aromatic N) is 1. The van der Waals surface area contributed by atoms with Crippen LogP contribution in [0.1, 0.15) is 34.6 Å². The van der Waals surface area contributed by atoms with Crippen LogP contribution in [0.4, 0.5) is 4.79 Å². The second kappa shape index (κ2) is 7.33. The van der Waals surface area contributed by atoms with Gasteiger partial charge >= 0.3 is 6.03 Å². The van der Waals surface area contributed by atoms with Crippen LogP contribution in [0.5, 0.6) is 0 Å². The molecule has 0 fully saturated rings. The minimum absolute atomic E-state index is 0.0172. The number of hydrogen-bond acceptors (Lipinski definition) is 4. The summed E-state index contributed by atoms with van der Waals surface area (Å²) in [4.78, 5) is 24.7. The highest BCUT2D eigenvalue weighted by Gasteiger charge is 2.19. The summed E-state index contributed by atoms with van der Waals surface area (Å²) < 4.78 is 0. The lowest BCUT2D eigenvalue weighted by Crippen LogP contribution is -2.48. The first-order valence-electron chi connectivity index (χ1n) is 6.19. The molecule has 0 aliphatic rings. The Balaban J connectivity index is 4.16. The smallest absolute Gasteiger partial charge is 0.321 e. The Kier molecular flexibility index (Phi) is 6.86. The van der Waals surface area contributed by atoms with Crippen LogP contribution >= 0.6 is 0 Å². The van der Waals surface area contributed by atoms with Gasteiger partial charge in [0.25, 0.3) is 0 Å². The number of aliphatic hydroxyl groups is 1. The van der Waals surface area contributed by atoms with E-state index in [-0.39, 0.29) is 18.5 Å². The van der Waals surface area contributed by atoms with E-state index in [0.717, 1.165) is 0 Å². The number of rotatable bonds is 6. The van der Waals surface area contributed by atoms with Crippen LogP contribution in [0.3, 0.4) is 0 Å². The van der Waals surface area contributed by atoms with Gasteiger partial charge in [-0.05, 0) is 34.2 Å². The van der Waals surface area contributed by atoms with Gasteiger partial charge in [-0.25, -0.2) is 4.79 Å². The van der Waals surface area contributed by atoms with Gasteiger partial charge in [-0.2, -0.15) is 0 Å². The lowest BCUT2D eigenvalue weighted by Gasteiger charge is -2.27. The Bertz CT molecular complexity index is 285. The number of likely N-dealkylation sites (N-methyl/N-ethyl adjacent to an activating group) is 1. The average molecular weight is 259 g/mol. The molecule has 0 radical (unpaired) electrons. The predicted molar refractivity (Wildman–Crippen MR) is 70.2 cm³/mol. The van der Waals surface area contributed by atoms with Crippen LogP contribution in [0.15, 0.2) is 0 Å². The number of carbonyl (C=O) groups excluding carboxylic acids is 2. The van der Waals surface area contributed by atoms with E-state index >= 15 is 0 Å². The molecule has 0 aliphatic carbocycles. The van der Waals surface area contributed by atoms with Crippen molar-refractivity contribution >= 4 is 11.9 Å². The Labute approximate surface area is 109 Å². The second-order valence-corrected chi connectivity index (χ2v) is 5.29. The molecule has 0 saturated carbocycles.